The molecule has 0 aliphatic heterocycles. The Bertz CT molecular complexity index is 999. The van der Waals surface area contributed by atoms with Crippen molar-refractivity contribution in [1.29, 1.82) is 0 Å². The molecule has 142 valence electrons. The van der Waals surface area contributed by atoms with Crippen molar-refractivity contribution in [2.75, 3.05) is 0 Å². The van der Waals surface area contributed by atoms with Gasteiger partial charge in [-0.25, -0.2) is 0 Å². The van der Waals surface area contributed by atoms with Crippen molar-refractivity contribution in [3.8, 4) is 0 Å². The van der Waals surface area contributed by atoms with Gasteiger partial charge in [0, 0.05) is 6.92 Å². The molecule has 0 fully saturated rings. The molecule has 0 aliphatic carbocycles. The van der Waals surface area contributed by atoms with Crippen LogP contribution in [0.1, 0.15) is 12.5 Å². The molecule has 4 N–H and O–H groups in total. The van der Waals surface area contributed by atoms with Gasteiger partial charge < -0.3 is 11.5 Å². The highest BCUT2D eigenvalue weighted by Crippen LogP contribution is 2.18. The number of carbonyl (C=O) groups excluding carboxylic acids is 2. The Morgan fingerprint density at radius 2 is 1.04 bits per heavy atom. The summed E-state index contributed by atoms with van der Waals surface area (Å²) in [5.74, 6) is -0.624. The maximum absolute atomic E-state index is 10.8. The zero-order chi connectivity index (χ0) is 20.4. The number of carbonyl (C=O) groups is 2. The number of benzene rings is 4. The molecule has 0 bridgehead atoms. The van der Waals surface area contributed by atoms with Crippen LogP contribution in [0.2, 0.25) is 0 Å². The first-order valence-electron chi connectivity index (χ1n) is 8.92. The fourth-order valence-corrected chi connectivity index (χ4v) is 2.77. The molecular weight excluding hydrogens is 348 g/mol. The lowest BCUT2D eigenvalue weighted by Crippen LogP contribution is -2.13. The number of fused-ring (bicyclic) bond motifs is 2. The maximum atomic E-state index is 10.8. The van der Waals surface area contributed by atoms with E-state index in [1.807, 2.05) is 42.5 Å². The van der Waals surface area contributed by atoms with E-state index in [1.165, 1.54) is 17.7 Å². The minimum atomic E-state index is -0.333. The lowest BCUT2D eigenvalue weighted by atomic mass is 10.0. The molecule has 4 nitrogen and oxygen atoms in total. The predicted octanol–water partition coefficient (Wildman–Crippen LogP) is 4.20. The van der Waals surface area contributed by atoms with Gasteiger partial charge in [-0.3, -0.25) is 9.59 Å². The maximum Gasteiger partial charge on any atom is 0.221 e. The van der Waals surface area contributed by atoms with Gasteiger partial charge in [0.05, 0.1) is 6.42 Å². The summed E-state index contributed by atoms with van der Waals surface area (Å²) in [7, 11) is 0. The van der Waals surface area contributed by atoms with Crippen molar-refractivity contribution in [3.63, 3.8) is 0 Å². The van der Waals surface area contributed by atoms with Gasteiger partial charge in [0.2, 0.25) is 11.8 Å². The van der Waals surface area contributed by atoms with Crippen LogP contribution in [0.4, 0.5) is 0 Å². The summed E-state index contributed by atoms with van der Waals surface area (Å²) in [6.45, 7) is 1.31. The molecule has 0 atom stereocenters. The van der Waals surface area contributed by atoms with Crippen LogP contribution in [0.5, 0.6) is 0 Å². The second-order valence-corrected chi connectivity index (χ2v) is 6.24. The van der Waals surface area contributed by atoms with Crippen molar-refractivity contribution in [3.05, 3.63) is 96.6 Å². The zero-order valence-corrected chi connectivity index (χ0v) is 15.8. The molecule has 0 unspecified atom stereocenters. The molecule has 0 saturated heterocycles. The van der Waals surface area contributed by atoms with Gasteiger partial charge >= 0.3 is 0 Å². The van der Waals surface area contributed by atoms with Crippen LogP contribution in [0.3, 0.4) is 0 Å². The average molecular weight is 372 g/mol. The molecule has 4 aromatic carbocycles. The third-order valence-corrected chi connectivity index (χ3v) is 3.90. The molecule has 4 rings (SSSR count). The minimum absolute atomic E-state index is 0.290. The molecule has 0 radical (unpaired) electrons. The van der Waals surface area contributed by atoms with Crippen molar-refractivity contribution >= 4 is 33.4 Å². The van der Waals surface area contributed by atoms with Crippen molar-refractivity contribution in [1.82, 2.24) is 0 Å². The predicted molar refractivity (Wildman–Crippen MR) is 116 cm³/mol. The van der Waals surface area contributed by atoms with Crippen LogP contribution >= 0.6 is 0 Å². The lowest BCUT2D eigenvalue weighted by molar-refractivity contribution is -0.117. The Hall–Kier alpha value is -3.66. The van der Waals surface area contributed by atoms with Gasteiger partial charge in [0.15, 0.2) is 0 Å². The van der Waals surface area contributed by atoms with Crippen LogP contribution in [0.15, 0.2) is 91.0 Å². The fourth-order valence-electron chi connectivity index (χ4n) is 2.77. The molecule has 4 heteroatoms. The monoisotopic (exact) mass is 372 g/mol. The van der Waals surface area contributed by atoms with Gasteiger partial charge in [-0.05, 0) is 27.1 Å². The van der Waals surface area contributed by atoms with Crippen molar-refractivity contribution < 1.29 is 9.59 Å². The topological polar surface area (TPSA) is 86.2 Å². The molecule has 2 amide bonds. The Morgan fingerprint density at radius 3 is 1.50 bits per heavy atom. The molecule has 0 heterocycles. The second-order valence-electron chi connectivity index (χ2n) is 6.24. The molecular formula is C24H24N2O2. The number of nitrogens with two attached hydrogens (primary N) is 2. The smallest absolute Gasteiger partial charge is 0.221 e. The number of rotatable bonds is 2. The van der Waals surface area contributed by atoms with Gasteiger partial charge in [-0.2, -0.15) is 0 Å². The van der Waals surface area contributed by atoms with E-state index in [2.05, 4.69) is 54.3 Å². The second kappa shape index (κ2) is 10.5. The van der Waals surface area contributed by atoms with Gasteiger partial charge in [0.25, 0.3) is 0 Å². The van der Waals surface area contributed by atoms with Crippen molar-refractivity contribution in [2.24, 2.45) is 11.5 Å². The van der Waals surface area contributed by atoms with E-state index < -0.39 is 0 Å². The summed E-state index contributed by atoms with van der Waals surface area (Å²) in [6.07, 6.45) is 0.307. The summed E-state index contributed by atoms with van der Waals surface area (Å²) < 4.78 is 0. The lowest BCUT2D eigenvalue weighted by Gasteiger charge is -2.03. The SMILES string of the molecule is CC(N)=O.NC(=O)Cc1cccc2ccccc12.c1ccc2ccccc2c1. The highest BCUT2D eigenvalue weighted by molar-refractivity contribution is 5.89. The molecule has 0 saturated carbocycles. The van der Waals surface area contributed by atoms with Crippen molar-refractivity contribution in [2.45, 2.75) is 13.3 Å². The van der Waals surface area contributed by atoms with Gasteiger partial charge in [-0.15, -0.1) is 0 Å². The van der Waals surface area contributed by atoms with E-state index >= 15 is 0 Å². The first-order chi connectivity index (χ1) is 13.5. The first kappa shape index (κ1) is 20.6. The van der Waals surface area contributed by atoms with E-state index in [1.54, 1.807) is 0 Å². The molecule has 28 heavy (non-hydrogen) atoms. The normalized spacial score (nSPS) is 9.61. The van der Waals surface area contributed by atoms with E-state index in [0.717, 1.165) is 16.3 Å². The fraction of sp³-hybridized carbons (Fsp3) is 0.0833. The average Bonchev–Trinajstić information content (AvgIpc) is 2.68. The summed E-state index contributed by atoms with van der Waals surface area (Å²) in [5.41, 5.74) is 10.6. The molecule has 0 aliphatic rings. The Labute approximate surface area is 164 Å². The molecule has 4 aromatic rings. The minimum Gasteiger partial charge on any atom is -0.370 e. The zero-order valence-electron chi connectivity index (χ0n) is 15.8. The molecule has 0 aromatic heterocycles. The Kier molecular flexibility index (Phi) is 7.73. The van der Waals surface area contributed by atoms with E-state index in [-0.39, 0.29) is 11.8 Å². The summed E-state index contributed by atoms with van der Waals surface area (Å²) in [4.78, 5) is 20.1. The van der Waals surface area contributed by atoms with Gasteiger partial charge in [-0.1, -0.05) is 91.0 Å². The standard InChI is InChI=1S/C12H11NO.C10H8.C2H5NO/c13-12(14)8-10-6-3-5-9-4-1-2-7-11(9)10;1-2-6-10-8-4-3-7-9(10)5-1;1-2(3)4/h1-7H,8H2,(H2,13,14);1-8H;1H3,(H2,3,4). The van der Waals surface area contributed by atoms with Crippen LogP contribution in [0.25, 0.3) is 21.5 Å². The van der Waals surface area contributed by atoms with E-state index in [0.29, 0.717) is 6.42 Å². The van der Waals surface area contributed by atoms with E-state index in [9.17, 15) is 9.59 Å². The highest BCUT2D eigenvalue weighted by atomic mass is 16.1. The van der Waals surface area contributed by atoms with Crippen LogP contribution in [-0.2, 0) is 16.0 Å². The Morgan fingerprint density at radius 1 is 0.643 bits per heavy atom. The molecule has 0 spiro atoms. The number of amides is 2. The largest absolute Gasteiger partial charge is 0.370 e. The third kappa shape index (κ3) is 6.57. The highest BCUT2D eigenvalue weighted by Gasteiger charge is 2.02. The van der Waals surface area contributed by atoms with E-state index in [4.69, 9.17) is 5.73 Å². The number of hydrogen-bond donors (Lipinski definition) is 2. The third-order valence-electron chi connectivity index (χ3n) is 3.90. The van der Waals surface area contributed by atoms with Gasteiger partial charge in [0.1, 0.15) is 0 Å². The van der Waals surface area contributed by atoms with Crippen LogP contribution in [0, 0.1) is 0 Å². The van der Waals surface area contributed by atoms with Crippen LogP contribution < -0.4 is 11.5 Å². The first-order valence-corrected chi connectivity index (χ1v) is 8.92. The van der Waals surface area contributed by atoms with Crippen LogP contribution in [-0.4, -0.2) is 11.8 Å². The number of primary amides is 2. The Balaban J connectivity index is 0.000000175. The quantitative estimate of drug-likeness (QED) is 0.552. The number of hydrogen-bond acceptors (Lipinski definition) is 2. The summed E-state index contributed by atoms with van der Waals surface area (Å²) in [6, 6.07) is 30.6. The summed E-state index contributed by atoms with van der Waals surface area (Å²) in [5, 5.41) is 4.87. The summed E-state index contributed by atoms with van der Waals surface area (Å²) >= 11 is 0.